The Hall–Kier alpha value is -4.02. The van der Waals surface area contributed by atoms with Crippen LogP contribution in [0.3, 0.4) is 0 Å². The van der Waals surface area contributed by atoms with E-state index in [9.17, 15) is 9.59 Å². The molecule has 9 nitrogen and oxygen atoms in total. The highest BCUT2D eigenvalue weighted by Gasteiger charge is 2.11. The van der Waals surface area contributed by atoms with Crippen LogP contribution in [0.1, 0.15) is 41.0 Å². The second-order valence-corrected chi connectivity index (χ2v) is 9.75. The van der Waals surface area contributed by atoms with E-state index in [0.717, 1.165) is 53.1 Å². The average molecular weight is 518 g/mol. The zero-order chi connectivity index (χ0) is 25.9. The number of hydrogen-bond donors (Lipinski definition) is 5. The van der Waals surface area contributed by atoms with Gasteiger partial charge in [0.2, 0.25) is 16.9 Å². The molecule has 192 valence electrons. The molecule has 2 amide bonds. The predicted molar refractivity (Wildman–Crippen MR) is 145 cm³/mol. The molecule has 0 saturated heterocycles. The fourth-order valence-electron chi connectivity index (χ4n) is 3.82. The molecule has 10 heteroatoms. The summed E-state index contributed by atoms with van der Waals surface area (Å²) in [7, 11) is 0. The van der Waals surface area contributed by atoms with E-state index in [-0.39, 0.29) is 18.2 Å². The lowest BCUT2D eigenvalue weighted by molar-refractivity contribution is -0.120. The van der Waals surface area contributed by atoms with Crippen molar-refractivity contribution in [3.05, 3.63) is 100.0 Å². The van der Waals surface area contributed by atoms with E-state index in [1.165, 1.54) is 11.3 Å². The van der Waals surface area contributed by atoms with Crippen molar-refractivity contribution < 1.29 is 9.59 Å². The van der Waals surface area contributed by atoms with Gasteiger partial charge in [-0.25, -0.2) is 0 Å². The SMILES string of the molecule is NCc1cccc(CC(=O)NC2=CC=C(CCCCc3nnc(NC(=O)Cc4ccccc4)s3)NN2)c1. The third-order valence-electron chi connectivity index (χ3n) is 5.68. The number of aromatic nitrogens is 2. The highest BCUT2D eigenvalue weighted by Crippen LogP contribution is 2.19. The minimum atomic E-state index is -0.0979. The zero-order valence-corrected chi connectivity index (χ0v) is 21.3. The lowest BCUT2D eigenvalue weighted by atomic mass is 10.1. The van der Waals surface area contributed by atoms with E-state index in [2.05, 4.69) is 31.7 Å². The minimum absolute atomic E-state index is 0.0962. The maximum Gasteiger partial charge on any atom is 0.230 e. The van der Waals surface area contributed by atoms with Crippen LogP contribution in [-0.4, -0.2) is 22.0 Å². The molecule has 4 rings (SSSR count). The number of benzene rings is 2. The third kappa shape index (κ3) is 8.55. The lowest BCUT2D eigenvalue weighted by Crippen LogP contribution is -2.41. The van der Waals surface area contributed by atoms with Crippen LogP contribution in [0.5, 0.6) is 0 Å². The Morgan fingerprint density at radius 1 is 0.811 bits per heavy atom. The number of rotatable bonds is 12. The van der Waals surface area contributed by atoms with Crippen LogP contribution < -0.4 is 27.2 Å². The van der Waals surface area contributed by atoms with Gasteiger partial charge in [0.1, 0.15) is 10.8 Å². The van der Waals surface area contributed by atoms with E-state index in [4.69, 9.17) is 5.73 Å². The number of carbonyl (C=O) groups excluding carboxylic acids is 2. The van der Waals surface area contributed by atoms with Crippen molar-refractivity contribution in [2.75, 3.05) is 5.32 Å². The Morgan fingerprint density at radius 3 is 2.32 bits per heavy atom. The van der Waals surface area contributed by atoms with Crippen molar-refractivity contribution >= 4 is 28.3 Å². The van der Waals surface area contributed by atoms with Gasteiger partial charge in [-0.05, 0) is 48.1 Å². The smallest absolute Gasteiger partial charge is 0.230 e. The zero-order valence-electron chi connectivity index (χ0n) is 20.5. The molecule has 37 heavy (non-hydrogen) atoms. The largest absolute Gasteiger partial charge is 0.326 e. The third-order valence-corrected chi connectivity index (χ3v) is 6.58. The topological polar surface area (TPSA) is 134 Å². The van der Waals surface area contributed by atoms with Gasteiger partial charge in [-0.3, -0.25) is 15.0 Å². The summed E-state index contributed by atoms with van der Waals surface area (Å²) >= 11 is 1.41. The average Bonchev–Trinajstić information content (AvgIpc) is 3.35. The van der Waals surface area contributed by atoms with Crippen LogP contribution in [0.25, 0.3) is 0 Å². The van der Waals surface area contributed by atoms with E-state index in [1.54, 1.807) is 0 Å². The minimum Gasteiger partial charge on any atom is -0.326 e. The Kier molecular flexibility index (Phi) is 9.39. The number of hydrogen-bond acceptors (Lipinski definition) is 8. The summed E-state index contributed by atoms with van der Waals surface area (Å²) in [6, 6.07) is 17.3. The Morgan fingerprint density at radius 2 is 1.54 bits per heavy atom. The van der Waals surface area contributed by atoms with Gasteiger partial charge < -0.3 is 21.8 Å². The number of anilines is 1. The number of unbranched alkanes of at least 4 members (excludes halogenated alkanes) is 1. The second kappa shape index (κ2) is 13.3. The summed E-state index contributed by atoms with van der Waals surface area (Å²) in [5, 5.41) is 15.4. The number of allylic oxidation sites excluding steroid dienone is 3. The molecule has 0 atom stereocenters. The molecule has 1 aliphatic heterocycles. The molecule has 0 unspecified atom stereocenters. The molecule has 1 aromatic heterocycles. The standard InChI is InChI=1S/C27H31N7O2S/c28-18-21-10-6-9-20(15-21)17-24(35)29-23-14-13-22(31-32-23)11-4-5-12-26-33-34-27(37-26)30-25(36)16-19-7-2-1-3-8-19/h1-3,6-10,13-15,31-32H,4-5,11-12,16-18,28H2,(H,29,35)(H,30,34,36). The number of aryl methyl sites for hydroxylation is 1. The first kappa shape index (κ1) is 26.1. The summed E-state index contributed by atoms with van der Waals surface area (Å²) in [5.41, 5.74) is 15.8. The maximum atomic E-state index is 12.3. The number of carbonyl (C=O) groups is 2. The normalized spacial score (nSPS) is 12.6. The van der Waals surface area contributed by atoms with Crippen LogP contribution in [0, 0.1) is 0 Å². The number of nitrogens with zero attached hydrogens (tertiary/aromatic N) is 2. The molecule has 3 aromatic rings. The maximum absolute atomic E-state index is 12.3. The molecule has 0 bridgehead atoms. The molecule has 0 radical (unpaired) electrons. The lowest BCUT2D eigenvalue weighted by Gasteiger charge is -2.20. The molecule has 1 aliphatic rings. The number of nitrogens with one attached hydrogen (secondary N) is 4. The van der Waals surface area contributed by atoms with Gasteiger partial charge in [0.05, 0.1) is 12.8 Å². The van der Waals surface area contributed by atoms with Gasteiger partial charge in [-0.1, -0.05) is 65.9 Å². The van der Waals surface area contributed by atoms with Crippen molar-refractivity contribution in [2.45, 2.75) is 45.1 Å². The molecule has 2 heterocycles. The molecule has 0 fully saturated rings. The molecule has 0 saturated carbocycles. The van der Waals surface area contributed by atoms with Crippen molar-refractivity contribution in [3.63, 3.8) is 0 Å². The summed E-state index contributed by atoms with van der Waals surface area (Å²) in [6.45, 7) is 0.453. The van der Waals surface area contributed by atoms with E-state index < -0.39 is 0 Å². The fraction of sp³-hybridized carbons (Fsp3) is 0.259. The molecule has 2 aromatic carbocycles. The quantitative estimate of drug-likeness (QED) is 0.233. The molecular weight excluding hydrogens is 486 g/mol. The summed E-state index contributed by atoms with van der Waals surface area (Å²) < 4.78 is 0. The van der Waals surface area contributed by atoms with Gasteiger partial charge >= 0.3 is 0 Å². The second-order valence-electron chi connectivity index (χ2n) is 8.69. The summed E-state index contributed by atoms with van der Waals surface area (Å²) in [4.78, 5) is 24.5. The summed E-state index contributed by atoms with van der Waals surface area (Å²) in [5.74, 6) is 0.416. The first-order chi connectivity index (χ1) is 18.1. The van der Waals surface area contributed by atoms with E-state index in [0.29, 0.717) is 23.9 Å². The van der Waals surface area contributed by atoms with E-state index >= 15 is 0 Å². The molecular formula is C27H31N7O2S. The van der Waals surface area contributed by atoms with Crippen LogP contribution in [0.15, 0.2) is 78.3 Å². The van der Waals surface area contributed by atoms with Crippen molar-refractivity contribution in [1.29, 1.82) is 0 Å². The first-order valence-electron chi connectivity index (χ1n) is 12.2. The molecule has 0 spiro atoms. The fourth-order valence-corrected chi connectivity index (χ4v) is 4.62. The van der Waals surface area contributed by atoms with Crippen LogP contribution in [-0.2, 0) is 35.4 Å². The van der Waals surface area contributed by atoms with Gasteiger partial charge in [0.25, 0.3) is 0 Å². The van der Waals surface area contributed by atoms with Crippen molar-refractivity contribution in [2.24, 2.45) is 5.73 Å². The first-order valence-corrected chi connectivity index (χ1v) is 13.1. The van der Waals surface area contributed by atoms with E-state index in [1.807, 2.05) is 66.7 Å². The Balaban J connectivity index is 1.14. The summed E-state index contributed by atoms with van der Waals surface area (Å²) in [6.07, 6.45) is 7.98. The number of hydrazine groups is 1. The van der Waals surface area contributed by atoms with Gasteiger partial charge in [0, 0.05) is 18.7 Å². The van der Waals surface area contributed by atoms with Crippen LogP contribution >= 0.6 is 11.3 Å². The van der Waals surface area contributed by atoms with Gasteiger partial charge in [-0.15, -0.1) is 10.2 Å². The van der Waals surface area contributed by atoms with Crippen molar-refractivity contribution in [1.82, 2.24) is 26.4 Å². The highest BCUT2D eigenvalue weighted by molar-refractivity contribution is 7.15. The van der Waals surface area contributed by atoms with Gasteiger partial charge in [-0.2, -0.15) is 0 Å². The molecule has 6 N–H and O–H groups in total. The Labute approximate surface area is 220 Å². The number of nitrogens with two attached hydrogens (primary N) is 1. The van der Waals surface area contributed by atoms with Crippen LogP contribution in [0.2, 0.25) is 0 Å². The monoisotopic (exact) mass is 517 g/mol. The van der Waals surface area contributed by atoms with Gasteiger partial charge in [0.15, 0.2) is 0 Å². The molecule has 0 aliphatic carbocycles. The predicted octanol–water partition coefficient (Wildman–Crippen LogP) is 3.08. The van der Waals surface area contributed by atoms with Crippen molar-refractivity contribution in [3.8, 4) is 0 Å². The van der Waals surface area contributed by atoms with Crippen LogP contribution in [0.4, 0.5) is 5.13 Å². The Bertz CT molecular complexity index is 1270. The number of amides is 2. The highest BCUT2D eigenvalue weighted by atomic mass is 32.1.